The van der Waals surface area contributed by atoms with Crippen LogP contribution in [0, 0.1) is 0 Å². The molecule has 0 spiro atoms. The van der Waals surface area contributed by atoms with Gasteiger partial charge in [-0.05, 0) is 6.07 Å². The maximum absolute atomic E-state index is 6.18. The molecule has 2 aliphatic heterocycles. The van der Waals surface area contributed by atoms with Gasteiger partial charge in [0.2, 0.25) is 0 Å². The number of rotatable bonds is 1. The van der Waals surface area contributed by atoms with Crippen LogP contribution in [0.1, 0.15) is 0 Å². The van der Waals surface area contributed by atoms with Gasteiger partial charge in [0.15, 0.2) is 0 Å². The van der Waals surface area contributed by atoms with E-state index in [1.54, 1.807) is 6.20 Å². The molecule has 0 saturated carbocycles. The lowest BCUT2D eigenvalue weighted by Gasteiger charge is -2.42. The minimum atomic E-state index is 0.267. The summed E-state index contributed by atoms with van der Waals surface area (Å²) in [4.78, 5) is 6.40. The number of aromatic nitrogens is 1. The Bertz CT molecular complexity index is 375. The number of nitrogens with zero attached hydrogens (tertiary/aromatic N) is 2. The van der Waals surface area contributed by atoms with E-state index in [0.29, 0.717) is 0 Å². The van der Waals surface area contributed by atoms with Crippen LogP contribution in [0.3, 0.4) is 0 Å². The van der Waals surface area contributed by atoms with Crippen molar-refractivity contribution < 1.29 is 4.74 Å². The summed E-state index contributed by atoms with van der Waals surface area (Å²) in [5.74, 6) is 0. The van der Waals surface area contributed by atoms with Crippen molar-refractivity contribution in [2.45, 2.75) is 12.2 Å². The highest BCUT2D eigenvalue weighted by molar-refractivity contribution is 6.33. The molecule has 1 aromatic heterocycles. The number of anilines is 1. The second-order valence-electron chi connectivity index (χ2n) is 4.27. The van der Waals surface area contributed by atoms with Crippen LogP contribution in [-0.2, 0) is 4.74 Å². The van der Waals surface area contributed by atoms with E-state index in [0.717, 1.165) is 36.9 Å². The standard InChI is InChI=1S/C11H14ClN3O/c12-10-1-2-13-5-11(10)15-6-8-3-14-4-9(7-15)16-8/h1-2,5,8-9,14H,3-4,6-7H2. The van der Waals surface area contributed by atoms with Crippen LogP contribution < -0.4 is 10.2 Å². The van der Waals surface area contributed by atoms with Gasteiger partial charge in [0.1, 0.15) is 0 Å². The number of halogens is 1. The minimum Gasteiger partial charge on any atom is -0.369 e. The molecule has 2 saturated heterocycles. The summed E-state index contributed by atoms with van der Waals surface area (Å²) in [5, 5.41) is 4.14. The summed E-state index contributed by atoms with van der Waals surface area (Å²) < 4.78 is 5.85. The lowest BCUT2D eigenvalue weighted by atomic mass is 10.1. The van der Waals surface area contributed by atoms with Crippen LogP contribution in [-0.4, -0.2) is 43.4 Å². The van der Waals surface area contributed by atoms with E-state index in [1.807, 2.05) is 12.3 Å². The van der Waals surface area contributed by atoms with Gasteiger partial charge in [-0.25, -0.2) is 0 Å². The molecule has 1 aromatic rings. The highest BCUT2D eigenvalue weighted by Crippen LogP contribution is 2.27. The molecule has 2 unspecified atom stereocenters. The molecule has 2 fully saturated rings. The molecule has 2 atom stereocenters. The van der Waals surface area contributed by atoms with E-state index < -0.39 is 0 Å². The highest BCUT2D eigenvalue weighted by Gasteiger charge is 2.31. The van der Waals surface area contributed by atoms with Crippen LogP contribution in [0.4, 0.5) is 5.69 Å². The number of morpholine rings is 2. The highest BCUT2D eigenvalue weighted by atomic mass is 35.5. The molecule has 0 amide bonds. The summed E-state index contributed by atoms with van der Waals surface area (Å²) in [6.45, 7) is 3.61. The van der Waals surface area contributed by atoms with Crippen LogP contribution in [0.15, 0.2) is 18.5 Å². The molecule has 0 aliphatic carbocycles. The van der Waals surface area contributed by atoms with E-state index >= 15 is 0 Å². The smallest absolute Gasteiger partial charge is 0.0879 e. The number of fused-ring (bicyclic) bond motifs is 2. The summed E-state index contributed by atoms with van der Waals surface area (Å²) in [6, 6.07) is 1.83. The van der Waals surface area contributed by atoms with Gasteiger partial charge in [0.05, 0.1) is 29.1 Å². The molecule has 2 bridgehead atoms. The van der Waals surface area contributed by atoms with E-state index in [4.69, 9.17) is 16.3 Å². The molecular weight excluding hydrogens is 226 g/mol. The van der Waals surface area contributed by atoms with Gasteiger partial charge in [-0.15, -0.1) is 0 Å². The predicted molar refractivity (Wildman–Crippen MR) is 63.0 cm³/mol. The fourth-order valence-corrected chi connectivity index (χ4v) is 2.58. The third-order valence-electron chi connectivity index (χ3n) is 3.07. The summed E-state index contributed by atoms with van der Waals surface area (Å²) in [6.07, 6.45) is 4.08. The van der Waals surface area contributed by atoms with Crippen molar-refractivity contribution in [2.75, 3.05) is 31.1 Å². The van der Waals surface area contributed by atoms with Gasteiger partial charge in [-0.3, -0.25) is 4.98 Å². The average Bonchev–Trinajstić information content (AvgIpc) is 2.29. The van der Waals surface area contributed by atoms with Crippen molar-refractivity contribution >= 4 is 17.3 Å². The number of ether oxygens (including phenoxy) is 1. The van der Waals surface area contributed by atoms with E-state index in [-0.39, 0.29) is 12.2 Å². The Balaban J connectivity index is 1.83. The molecule has 3 heterocycles. The first-order chi connectivity index (χ1) is 7.83. The van der Waals surface area contributed by atoms with Crippen molar-refractivity contribution in [3.8, 4) is 0 Å². The molecule has 5 heteroatoms. The van der Waals surface area contributed by atoms with Gasteiger partial charge in [0, 0.05) is 32.4 Å². The second kappa shape index (κ2) is 4.20. The quantitative estimate of drug-likeness (QED) is 0.791. The molecule has 1 N–H and O–H groups in total. The normalized spacial score (nSPS) is 29.2. The minimum absolute atomic E-state index is 0.267. The Labute approximate surface area is 99.6 Å². The third kappa shape index (κ3) is 1.88. The Hall–Kier alpha value is -0.840. The SMILES string of the molecule is Clc1ccncc1N1CC2CNCC(C1)O2. The first-order valence-corrected chi connectivity index (χ1v) is 5.91. The zero-order valence-corrected chi connectivity index (χ0v) is 9.65. The fraction of sp³-hybridized carbons (Fsp3) is 0.545. The van der Waals surface area contributed by atoms with Crippen molar-refractivity contribution in [1.82, 2.24) is 10.3 Å². The molecule has 4 nitrogen and oxygen atoms in total. The van der Waals surface area contributed by atoms with E-state index in [2.05, 4.69) is 15.2 Å². The van der Waals surface area contributed by atoms with Gasteiger partial charge < -0.3 is 15.0 Å². The van der Waals surface area contributed by atoms with E-state index in [1.165, 1.54) is 0 Å². The van der Waals surface area contributed by atoms with E-state index in [9.17, 15) is 0 Å². The predicted octanol–water partition coefficient (Wildman–Crippen LogP) is 0.912. The molecule has 0 aromatic carbocycles. The molecule has 2 aliphatic rings. The Kier molecular flexibility index (Phi) is 2.71. The van der Waals surface area contributed by atoms with Gasteiger partial charge >= 0.3 is 0 Å². The second-order valence-corrected chi connectivity index (χ2v) is 4.68. The number of pyridine rings is 1. The lowest BCUT2D eigenvalue weighted by Crippen LogP contribution is -2.58. The maximum Gasteiger partial charge on any atom is 0.0879 e. The molecule has 86 valence electrons. The average molecular weight is 240 g/mol. The zero-order valence-electron chi connectivity index (χ0n) is 8.90. The Morgan fingerprint density at radius 2 is 2.12 bits per heavy atom. The number of hydrogen-bond acceptors (Lipinski definition) is 4. The molecular formula is C11H14ClN3O. The number of nitrogens with one attached hydrogen (secondary N) is 1. The van der Waals surface area contributed by atoms with Gasteiger partial charge in [0.25, 0.3) is 0 Å². The molecule has 16 heavy (non-hydrogen) atoms. The van der Waals surface area contributed by atoms with Crippen LogP contribution in [0.2, 0.25) is 5.02 Å². The van der Waals surface area contributed by atoms with Crippen molar-refractivity contribution in [2.24, 2.45) is 0 Å². The molecule has 3 rings (SSSR count). The van der Waals surface area contributed by atoms with Crippen molar-refractivity contribution in [1.29, 1.82) is 0 Å². The lowest BCUT2D eigenvalue weighted by molar-refractivity contribution is -0.0484. The van der Waals surface area contributed by atoms with Crippen LogP contribution in [0.5, 0.6) is 0 Å². The Morgan fingerprint density at radius 1 is 1.38 bits per heavy atom. The van der Waals surface area contributed by atoms with Crippen LogP contribution >= 0.6 is 11.6 Å². The first-order valence-electron chi connectivity index (χ1n) is 5.53. The number of hydrogen-bond donors (Lipinski definition) is 1. The zero-order chi connectivity index (χ0) is 11.0. The fourth-order valence-electron chi connectivity index (χ4n) is 2.35. The summed E-state index contributed by atoms with van der Waals surface area (Å²) >= 11 is 6.18. The van der Waals surface area contributed by atoms with Crippen molar-refractivity contribution in [3.05, 3.63) is 23.5 Å². The van der Waals surface area contributed by atoms with Gasteiger partial charge in [-0.1, -0.05) is 11.6 Å². The largest absolute Gasteiger partial charge is 0.369 e. The van der Waals surface area contributed by atoms with Gasteiger partial charge in [-0.2, -0.15) is 0 Å². The summed E-state index contributed by atoms with van der Waals surface area (Å²) in [5.41, 5.74) is 1.02. The monoisotopic (exact) mass is 239 g/mol. The third-order valence-corrected chi connectivity index (χ3v) is 3.39. The topological polar surface area (TPSA) is 37.4 Å². The van der Waals surface area contributed by atoms with Crippen molar-refractivity contribution in [3.63, 3.8) is 0 Å². The maximum atomic E-state index is 6.18. The van der Waals surface area contributed by atoms with Crippen LogP contribution in [0.25, 0.3) is 0 Å². The summed E-state index contributed by atoms with van der Waals surface area (Å²) in [7, 11) is 0. The molecule has 0 radical (unpaired) electrons. The first kappa shape index (κ1) is 10.3. The Morgan fingerprint density at radius 3 is 2.81 bits per heavy atom.